The molecule has 1 saturated heterocycles. The molecule has 30 heavy (non-hydrogen) atoms. The molecule has 3 heterocycles. The van der Waals surface area contributed by atoms with E-state index in [1.807, 2.05) is 0 Å². The van der Waals surface area contributed by atoms with E-state index in [0.29, 0.717) is 5.56 Å². The maximum absolute atomic E-state index is 12.8. The van der Waals surface area contributed by atoms with E-state index >= 15 is 0 Å². The first-order valence-corrected chi connectivity index (χ1v) is 9.31. The number of hydrogen-bond acceptors (Lipinski definition) is 9. The fourth-order valence-corrected chi connectivity index (χ4v) is 4.07. The van der Waals surface area contributed by atoms with Crippen molar-refractivity contribution in [2.45, 2.75) is 30.5 Å². The first-order chi connectivity index (χ1) is 14.4. The van der Waals surface area contributed by atoms with Gasteiger partial charge in [0.1, 0.15) is 58.4 Å². The third kappa shape index (κ3) is 2.67. The van der Waals surface area contributed by atoms with Gasteiger partial charge in [0.25, 0.3) is 0 Å². The number of hydrogen-bond donors (Lipinski definition) is 5. The molecule has 2 unspecified atom stereocenters. The first kappa shape index (κ1) is 18.9. The van der Waals surface area contributed by atoms with Crippen LogP contribution in [0.4, 0.5) is 0 Å². The van der Waals surface area contributed by atoms with Gasteiger partial charge in [0.15, 0.2) is 11.5 Å². The van der Waals surface area contributed by atoms with Crippen LogP contribution in [0.3, 0.4) is 0 Å². The lowest BCUT2D eigenvalue weighted by Gasteiger charge is -2.38. The molecule has 0 radical (unpaired) electrons. The molecule has 156 valence electrons. The van der Waals surface area contributed by atoms with Gasteiger partial charge in [-0.2, -0.15) is 0 Å². The number of rotatable bonds is 2. The van der Waals surface area contributed by atoms with Crippen LogP contribution in [0.2, 0.25) is 0 Å². The highest BCUT2D eigenvalue weighted by atomic mass is 16.6. The smallest absolute Gasteiger partial charge is 0.197 e. The molecular formula is C21H18O9. The van der Waals surface area contributed by atoms with E-state index in [1.165, 1.54) is 24.3 Å². The van der Waals surface area contributed by atoms with Crippen LogP contribution in [0.1, 0.15) is 11.7 Å². The highest BCUT2D eigenvalue weighted by molar-refractivity contribution is 5.88. The van der Waals surface area contributed by atoms with Crippen molar-refractivity contribution in [1.29, 1.82) is 0 Å². The predicted octanol–water partition coefficient (Wildman–Crippen LogP) is 0.786. The first-order valence-electron chi connectivity index (χ1n) is 9.31. The van der Waals surface area contributed by atoms with Crippen molar-refractivity contribution >= 4 is 11.0 Å². The number of aliphatic hydroxyl groups is 3. The van der Waals surface area contributed by atoms with Crippen LogP contribution in [0.5, 0.6) is 17.2 Å². The summed E-state index contributed by atoms with van der Waals surface area (Å²) in [7, 11) is 0. The number of aromatic hydroxyl groups is 2. The zero-order valence-corrected chi connectivity index (χ0v) is 15.4. The SMILES string of the molecule is O=c1cc(-c2cccc(O)c2)oc2cc3c(c(O)c12)C1O[C@H](CO)C(O)[C@H](O)[C@@H]1O3. The van der Waals surface area contributed by atoms with Crippen molar-refractivity contribution in [2.75, 3.05) is 6.61 Å². The average Bonchev–Trinajstić information content (AvgIpc) is 3.09. The molecule has 5 N–H and O–H groups in total. The molecule has 0 spiro atoms. The summed E-state index contributed by atoms with van der Waals surface area (Å²) in [6.45, 7) is -0.541. The zero-order valence-electron chi connectivity index (χ0n) is 15.4. The van der Waals surface area contributed by atoms with Gasteiger partial charge in [-0.25, -0.2) is 0 Å². The van der Waals surface area contributed by atoms with E-state index in [0.717, 1.165) is 0 Å². The summed E-state index contributed by atoms with van der Waals surface area (Å²) in [6, 6.07) is 8.78. The van der Waals surface area contributed by atoms with Gasteiger partial charge in [-0.05, 0) is 12.1 Å². The third-order valence-electron chi connectivity index (χ3n) is 5.54. The summed E-state index contributed by atoms with van der Waals surface area (Å²) in [6.07, 6.45) is -5.83. The number of benzene rings is 2. The number of fused-ring (bicyclic) bond motifs is 4. The average molecular weight is 414 g/mol. The van der Waals surface area contributed by atoms with E-state index in [1.54, 1.807) is 12.1 Å². The van der Waals surface area contributed by atoms with Gasteiger partial charge in [-0.3, -0.25) is 4.79 Å². The van der Waals surface area contributed by atoms with Gasteiger partial charge in [-0.15, -0.1) is 0 Å². The zero-order chi connectivity index (χ0) is 21.2. The molecule has 0 aliphatic carbocycles. The van der Waals surface area contributed by atoms with Gasteiger partial charge in [0.2, 0.25) is 0 Å². The molecule has 2 aliphatic heterocycles. The maximum atomic E-state index is 12.8. The number of phenolic OH excluding ortho intramolecular Hbond substituents is 2. The Kier molecular flexibility index (Phi) is 4.23. The fourth-order valence-electron chi connectivity index (χ4n) is 4.07. The van der Waals surface area contributed by atoms with Gasteiger partial charge >= 0.3 is 0 Å². The Hall–Kier alpha value is -3.11. The molecule has 2 aromatic carbocycles. The highest BCUT2D eigenvalue weighted by Crippen LogP contribution is 2.50. The van der Waals surface area contributed by atoms with Crippen LogP contribution in [0.15, 0.2) is 45.6 Å². The molecular weight excluding hydrogens is 396 g/mol. The minimum atomic E-state index is -1.38. The van der Waals surface area contributed by atoms with Crippen LogP contribution >= 0.6 is 0 Å². The molecule has 0 amide bonds. The summed E-state index contributed by atoms with van der Waals surface area (Å²) in [5, 5.41) is 50.3. The van der Waals surface area contributed by atoms with E-state index in [4.69, 9.17) is 13.9 Å². The van der Waals surface area contributed by atoms with Crippen molar-refractivity contribution in [3.63, 3.8) is 0 Å². The molecule has 9 nitrogen and oxygen atoms in total. The lowest BCUT2D eigenvalue weighted by molar-refractivity contribution is -0.215. The second-order valence-corrected chi connectivity index (χ2v) is 7.38. The molecule has 5 rings (SSSR count). The molecule has 9 heteroatoms. The van der Waals surface area contributed by atoms with Gasteiger partial charge in [-0.1, -0.05) is 12.1 Å². The predicted molar refractivity (Wildman–Crippen MR) is 102 cm³/mol. The second-order valence-electron chi connectivity index (χ2n) is 7.38. The van der Waals surface area contributed by atoms with E-state index in [2.05, 4.69) is 0 Å². The monoisotopic (exact) mass is 414 g/mol. The second kappa shape index (κ2) is 6.71. The summed E-state index contributed by atoms with van der Waals surface area (Å²) in [5.74, 6) is -0.0876. The van der Waals surface area contributed by atoms with E-state index < -0.39 is 48.3 Å². The van der Waals surface area contributed by atoms with Crippen LogP contribution in [-0.4, -0.2) is 56.6 Å². The third-order valence-corrected chi connectivity index (χ3v) is 5.54. The molecule has 5 atom stereocenters. The van der Waals surface area contributed by atoms with Gasteiger partial charge < -0.3 is 39.4 Å². The number of ether oxygens (including phenoxy) is 2. The quantitative estimate of drug-likeness (QED) is 0.410. The number of aliphatic hydroxyl groups excluding tert-OH is 3. The summed E-state index contributed by atoms with van der Waals surface area (Å²) in [5.41, 5.74) is 0.142. The molecule has 1 fully saturated rings. The summed E-state index contributed by atoms with van der Waals surface area (Å²) in [4.78, 5) is 12.8. The van der Waals surface area contributed by atoms with Crippen molar-refractivity contribution in [3.05, 3.63) is 52.2 Å². The molecule has 3 aromatic rings. The van der Waals surface area contributed by atoms with Crippen molar-refractivity contribution in [1.82, 2.24) is 0 Å². The van der Waals surface area contributed by atoms with Crippen molar-refractivity contribution < 1.29 is 39.4 Å². The van der Waals surface area contributed by atoms with E-state index in [-0.39, 0.29) is 33.8 Å². The van der Waals surface area contributed by atoms with E-state index in [9.17, 15) is 30.3 Å². The lowest BCUT2D eigenvalue weighted by atomic mass is 9.92. The Morgan fingerprint density at radius 2 is 1.83 bits per heavy atom. The minimum absolute atomic E-state index is 0.00240. The Labute approximate surface area is 169 Å². The molecule has 1 aromatic heterocycles. The Bertz CT molecular complexity index is 1200. The highest BCUT2D eigenvalue weighted by Gasteiger charge is 2.52. The Morgan fingerprint density at radius 3 is 2.57 bits per heavy atom. The topological polar surface area (TPSA) is 150 Å². The Balaban J connectivity index is 1.67. The summed E-state index contributed by atoms with van der Waals surface area (Å²) < 4.78 is 17.1. The summed E-state index contributed by atoms with van der Waals surface area (Å²) >= 11 is 0. The maximum Gasteiger partial charge on any atom is 0.197 e. The van der Waals surface area contributed by atoms with Crippen molar-refractivity contribution in [2.24, 2.45) is 0 Å². The van der Waals surface area contributed by atoms with Crippen LogP contribution < -0.4 is 10.2 Å². The van der Waals surface area contributed by atoms with Gasteiger partial charge in [0, 0.05) is 17.7 Å². The normalized spacial score (nSPS) is 27.5. The minimum Gasteiger partial charge on any atom is -0.508 e. The van der Waals surface area contributed by atoms with Crippen LogP contribution in [0, 0.1) is 0 Å². The van der Waals surface area contributed by atoms with Crippen LogP contribution in [0.25, 0.3) is 22.3 Å². The largest absolute Gasteiger partial charge is 0.508 e. The molecule has 0 bridgehead atoms. The van der Waals surface area contributed by atoms with Crippen molar-refractivity contribution in [3.8, 4) is 28.6 Å². The fraction of sp³-hybridized carbons (Fsp3) is 0.286. The standard InChI is InChI=1S/C21H18O9/c22-7-14-17(25)19(27)21-20(30-14)16-13(29-21)6-12-15(18(16)26)10(24)5-11(28-12)8-2-1-3-9(23)4-8/h1-6,14,17,19-23,25-27H,7H2/t14-,17?,19+,20?,21+/m1/s1. The lowest BCUT2D eigenvalue weighted by Crippen LogP contribution is -2.55. The van der Waals surface area contributed by atoms with Crippen LogP contribution in [-0.2, 0) is 4.74 Å². The Morgan fingerprint density at radius 1 is 1.03 bits per heavy atom. The molecule has 0 saturated carbocycles. The number of phenols is 2. The molecule has 2 aliphatic rings. The van der Waals surface area contributed by atoms with Gasteiger partial charge in [0.05, 0.1) is 12.2 Å².